The second-order valence-electron chi connectivity index (χ2n) is 6.12. The monoisotopic (exact) mass is 412 g/mol. The molecule has 0 aromatic rings. The quantitative estimate of drug-likeness (QED) is 0.129. The highest BCUT2D eigenvalue weighted by Crippen LogP contribution is 2.10. The molecule has 0 saturated heterocycles. The Hall–Kier alpha value is -0.740. The molecule has 0 saturated carbocycles. The van der Waals surface area contributed by atoms with E-state index in [1.807, 2.05) is 0 Å². The minimum Gasteiger partial charge on any atom is -0.463 e. The molecular formula is C18H36O8S. The van der Waals surface area contributed by atoms with Crippen molar-refractivity contribution in [2.24, 2.45) is 0 Å². The lowest BCUT2D eigenvalue weighted by Gasteiger charge is -2.07. The van der Waals surface area contributed by atoms with E-state index in [-0.39, 0.29) is 39.0 Å². The van der Waals surface area contributed by atoms with Crippen molar-refractivity contribution >= 4 is 16.4 Å². The van der Waals surface area contributed by atoms with Gasteiger partial charge in [-0.2, -0.15) is 8.42 Å². The first-order valence-corrected chi connectivity index (χ1v) is 11.3. The van der Waals surface area contributed by atoms with Crippen LogP contribution in [0.5, 0.6) is 0 Å². The summed E-state index contributed by atoms with van der Waals surface area (Å²) < 4.78 is 40.5. The van der Waals surface area contributed by atoms with Gasteiger partial charge in [-0.15, -0.1) is 0 Å². The van der Waals surface area contributed by atoms with Gasteiger partial charge in [0.15, 0.2) is 0 Å². The van der Waals surface area contributed by atoms with Crippen LogP contribution in [-0.4, -0.2) is 47.4 Å². The topological polar surface area (TPSA) is 97.4 Å². The highest BCUT2D eigenvalue weighted by Gasteiger charge is 2.11. The molecule has 0 aliphatic carbocycles. The van der Waals surface area contributed by atoms with Gasteiger partial charge in [-0.25, -0.2) is 9.07 Å². The second kappa shape index (κ2) is 18.6. The Kier molecular flexibility index (Phi) is 18.1. The molecule has 9 heteroatoms. The zero-order valence-corrected chi connectivity index (χ0v) is 17.6. The average Bonchev–Trinajstić information content (AvgIpc) is 2.62. The SMILES string of the molecule is CCCCCCCCCCCC(=O)OCCOCCOOS(=O)(=O)OCC. The normalized spacial score (nSPS) is 11.6. The molecule has 0 heterocycles. The number of ether oxygens (including phenoxy) is 2. The lowest BCUT2D eigenvalue weighted by atomic mass is 10.1. The van der Waals surface area contributed by atoms with Crippen LogP contribution in [0.2, 0.25) is 0 Å². The van der Waals surface area contributed by atoms with Crippen molar-refractivity contribution in [2.45, 2.75) is 78.1 Å². The molecule has 0 aliphatic heterocycles. The Morgan fingerprint density at radius 2 is 1.37 bits per heavy atom. The molecule has 0 aromatic heterocycles. The Labute approximate surface area is 164 Å². The van der Waals surface area contributed by atoms with Gasteiger partial charge in [0.05, 0.1) is 19.8 Å². The Bertz CT molecular complexity index is 439. The summed E-state index contributed by atoms with van der Waals surface area (Å²) in [6.45, 7) is 4.09. The van der Waals surface area contributed by atoms with Crippen molar-refractivity contribution in [2.75, 3.05) is 33.0 Å². The van der Waals surface area contributed by atoms with Crippen LogP contribution in [0.15, 0.2) is 0 Å². The van der Waals surface area contributed by atoms with Gasteiger partial charge in [-0.3, -0.25) is 4.79 Å². The maximum absolute atomic E-state index is 11.6. The molecule has 162 valence electrons. The van der Waals surface area contributed by atoms with Crippen LogP contribution >= 0.6 is 0 Å². The summed E-state index contributed by atoms with van der Waals surface area (Å²) in [6.07, 6.45) is 11.3. The summed E-state index contributed by atoms with van der Waals surface area (Å²) in [4.78, 5) is 16.0. The number of hydrogen-bond acceptors (Lipinski definition) is 8. The minimum absolute atomic E-state index is 0.0351. The highest BCUT2D eigenvalue weighted by atomic mass is 32.3. The lowest BCUT2D eigenvalue weighted by molar-refractivity contribution is -0.218. The summed E-state index contributed by atoms with van der Waals surface area (Å²) in [5, 5.41) is 0. The van der Waals surface area contributed by atoms with Crippen molar-refractivity contribution in [1.29, 1.82) is 0 Å². The van der Waals surface area contributed by atoms with E-state index in [0.717, 1.165) is 12.8 Å². The van der Waals surface area contributed by atoms with Crippen molar-refractivity contribution < 1.29 is 36.1 Å². The molecule has 0 amide bonds. The predicted molar refractivity (Wildman–Crippen MR) is 101 cm³/mol. The van der Waals surface area contributed by atoms with Crippen LogP contribution in [0.1, 0.15) is 78.1 Å². The molecular weight excluding hydrogens is 376 g/mol. The van der Waals surface area contributed by atoms with Crippen molar-refractivity contribution in [1.82, 2.24) is 0 Å². The Morgan fingerprint density at radius 1 is 0.778 bits per heavy atom. The molecule has 0 rings (SSSR count). The number of esters is 1. The smallest absolute Gasteiger partial charge is 0.426 e. The van der Waals surface area contributed by atoms with Crippen LogP contribution in [0.3, 0.4) is 0 Å². The Balaban J connectivity index is 3.30. The minimum atomic E-state index is -4.11. The first-order valence-electron chi connectivity index (χ1n) is 9.95. The Morgan fingerprint density at radius 3 is 2.00 bits per heavy atom. The van der Waals surface area contributed by atoms with E-state index in [0.29, 0.717) is 6.42 Å². The van der Waals surface area contributed by atoms with Crippen LogP contribution in [-0.2, 0) is 38.1 Å². The summed E-state index contributed by atoms with van der Waals surface area (Å²) in [7, 11) is -4.11. The fourth-order valence-corrected chi connectivity index (χ4v) is 2.83. The molecule has 27 heavy (non-hydrogen) atoms. The number of unbranched alkanes of at least 4 members (excludes halogenated alkanes) is 8. The molecule has 0 N–H and O–H groups in total. The second-order valence-corrected chi connectivity index (χ2v) is 7.30. The largest absolute Gasteiger partial charge is 0.463 e. The van der Waals surface area contributed by atoms with Gasteiger partial charge in [0.1, 0.15) is 13.2 Å². The summed E-state index contributed by atoms with van der Waals surface area (Å²) in [5.74, 6) is -0.219. The summed E-state index contributed by atoms with van der Waals surface area (Å²) in [5.41, 5.74) is 0. The number of carbonyl (C=O) groups is 1. The van der Waals surface area contributed by atoms with Crippen LogP contribution in [0.4, 0.5) is 0 Å². The molecule has 0 bridgehead atoms. The lowest BCUT2D eigenvalue weighted by Crippen LogP contribution is -2.15. The van der Waals surface area contributed by atoms with Gasteiger partial charge in [0, 0.05) is 6.42 Å². The van der Waals surface area contributed by atoms with Gasteiger partial charge in [0.25, 0.3) is 0 Å². The third kappa shape index (κ3) is 19.8. The maximum Gasteiger partial charge on any atom is 0.426 e. The average molecular weight is 413 g/mol. The van der Waals surface area contributed by atoms with Crippen molar-refractivity contribution in [3.63, 3.8) is 0 Å². The van der Waals surface area contributed by atoms with Gasteiger partial charge in [-0.05, 0) is 13.3 Å². The molecule has 0 aliphatic rings. The summed E-state index contributed by atoms with van der Waals surface area (Å²) >= 11 is 0. The first-order chi connectivity index (χ1) is 13.0. The third-order valence-corrected chi connectivity index (χ3v) is 4.47. The van der Waals surface area contributed by atoms with E-state index in [9.17, 15) is 13.2 Å². The first kappa shape index (κ1) is 26.3. The van der Waals surface area contributed by atoms with E-state index in [1.165, 1.54) is 51.9 Å². The molecule has 0 fully saturated rings. The maximum atomic E-state index is 11.6. The van der Waals surface area contributed by atoms with Crippen molar-refractivity contribution in [3.05, 3.63) is 0 Å². The molecule has 0 aromatic carbocycles. The standard InChI is InChI=1S/C18H36O8S/c1-3-5-6-7-8-9-10-11-12-13-18(19)23-16-14-22-15-17-24-26-27(20,21)25-4-2/h3-17H2,1-2H3. The summed E-state index contributed by atoms with van der Waals surface area (Å²) in [6, 6.07) is 0. The van der Waals surface area contributed by atoms with Gasteiger partial charge < -0.3 is 9.47 Å². The van der Waals surface area contributed by atoms with Gasteiger partial charge in [-0.1, -0.05) is 62.6 Å². The molecule has 8 nitrogen and oxygen atoms in total. The van der Waals surface area contributed by atoms with E-state index >= 15 is 0 Å². The van der Waals surface area contributed by atoms with E-state index in [2.05, 4.69) is 20.3 Å². The van der Waals surface area contributed by atoms with Crippen LogP contribution in [0.25, 0.3) is 0 Å². The number of hydrogen-bond donors (Lipinski definition) is 0. The van der Waals surface area contributed by atoms with Crippen LogP contribution < -0.4 is 0 Å². The third-order valence-electron chi connectivity index (χ3n) is 3.68. The molecule has 0 unspecified atom stereocenters. The fourth-order valence-electron chi connectivity index (χ4n) is 2.32. The van der Waals surface area contributed by atoms with Gasteiger partial charge >= 0.3 is 16.4 Å². The van der Waals surface area contributed by atoms with Crippen LogP contribution in [0, 0.1) is 0 Å². The fraction of sp³-hybridized carbons (Fsp3) is 0.944. The number of rotatable bonds is 20. The van der Waals surface area contributed by atoms with Crippen molar-refractivity contribution in [3.8, 4) is 0 Å². The highest BCUT2D eigenvalue weighted by molar-refractivity contribution is 7.81. The zero-order valence-electron chi connectivity index (χ0n) is 16.8. The molecule has 0 atom stereocenters. The van der Waals surface area contributed by atoms with E-state index in [4.69, 9.17) is 9.47 Å². The van der Waals surface area contributed by atoms with E-state index < -0.39 is 10.4 Å². The predicted octanol–water partition coefficient (Wildman–Crippen LogP) is 3.70. The zero-order chi connectivity index (χ0) is 20.2. The number of carbonyl (C=O) groups excluding carboxylic acids is 1. The van der Waals surface area contributed by atoms with E-state index in [1.54, 1.807) is 0 Å². The molecule has 0 radical (unpaired) electrons. The van der Waals surface area contributed by atoms with Gasteiger partial charge in [0.2, 0.25) is 0 Å². The molecule has 0 spiro atoms.